The van der Waals surface area contributed by atoms with Crippen LogP contribution in [0.5, 0.6) is 5.75 Å². The van der Waals surface area contributed by atoms with E-state index in [0.29, 0.717) is 13.2 Å². The summed E-state index contributed by atoms with van der Waals surface area (Å²) in [7, 11) is 0. The molecule has 3 rings (SSSR count). The third-order valence-electron chi connectivity index (χ3n) is 4.17. The molecule has 0 saturated carbocycles. The van der Waals surface area contributed by atoms with Crippen molar-refractivity contribution in [3.05, 3.63) is 95.6 Å². The number of nitrogens with one attached hydrogen (secondary N) is 2. The Morgan fingerprint density at radius 2 is 1.56 bits per heavy atom. The van der Waals surface area contributed by atoms with Crippen LogP contribution in [0, 0.1) is 6.92 Å². The average molecular weight is 360 g/mol. The number of benzene rings is 3. The van der Waals surface area contributed by atoms with Crippen molar-refractivity contribution in [2.45, 2.75) is 20.1 Å². The van der Waals surface area contributed by atoms with E-state index in [1.165, 1.54) is 5.56 Å². The molecule has 0 aliphatic carbocycles. The standard InChI is InChI=1S/C23H24N2O2/c1-18-7-9-19(10-8-18)15-25-23(26)16-24-21-11-13-22(14-12-21)27-17-20-5-3-2-4-6-20/h2-14,24H,15-17H2,1H3,(H,25,26). The minimum absolute atomic E-state index is 0.0417. The molecule has 0 saturated heterocycles. The number of rotatable bonds is 8. The number of ether oxygens (including phenoxy) is 1. The minimum Gasteiger partial charge on any atom is -0.489 e. The maximum absolute atomic E-state index is 12.0. The molecular formula is C23H24N2O2. The molecule has 0 heterocycles. The van der Waals surface area contributed by atoms with Gasteiger partial charge in [-0.2, -0.15) is 0 Å². The maximum atomic E-state index is 12.0. The van der Waals surface area contributed by atoms with E-state index in [2.05, 4.69) is 10.6 Å². The van der Waals surface area contributed by atoms with E-state index in [0.717, 1.165) is 22.6 Å². The van der Waals surface area contributed by atoms with Gasteiger partial charge in [0.15, 0.2) is 0 Å². The first-order chi connectivity index (χ1) is 13.2. The summed E-state index contributed by atoms with van der Waals surface area (Å²) in [4.78, 5) is 12.0. The molecule has 0 spiro atoms. The molecule has 0 aromatic heterocycles. The van der Waals surface area contributed by atoms with Gasteiger partial charge in [0.25, 0.3) is 0 Å². The third kappa shape index (κ3) is 6.19. The normalized spacial score (nSPS) is 10.3. The lowest BCUT2D eigenvalue weighted by molar-refractivity contribution is -0.119. The first kappa shape index (κ1) is 18.5. The second-order valence-electron chi connectivity index (χ2n) is 6.41. The second kappa shape index (κ2) is 9.43. The van der Waals surface area contributed by atoms with E-state index < -0.39 is 0 Å². The van der Waals surface area contributed by atoms with Gasteiger partial charge in [-0.3, -0.25) is 4.79 Å². The van der Waals surface area contributed by atoms with Gasteiger partial charge in [-0.1, -0.05) is 60.2 Å². The fourth-order valence-corrected chi connectivity index (χ4v) is 2.56. The van der Waals surface area contributed by atoms with Gasteiger partial charge in [-0.25, -0.2) is 0 Å². The van der Waals surface area contributed by atoms with E-state index >= 15 is 0 Å². The zero-order valence-corrected chi connectivity index (χ0v) is 15.4. The summed E-state index contributed by atoms with van der Waals surface area (Å²) in [6.07, 6.45) is 0. The Morgan fingerprint density at radius 1 is 0.852 bits per heavy atom. The molecule has 0 bridgehead atoms. The number of carbonyl (C=O) groups is 1. The van der Waals surface area contributed by atoms with E-state index in [4.69, 9.17) is 4.74 Å². The fourth-order valence-electron chi connectivity index (χ4n) is 2.56. The predicted octanol–water partition coefficient (Wildman–Crippen LogP) is 4.30. The van der Waals surface area contributed by atoms with Crippen LogP contribution in [-0.2, 0) is 17.9 Å². The molecule has 0 radical (unpaired) electrons. The molecule has 0 aliphatic rings. The first-order valence-electron chi connectivity index (χ1n) is 9.02. The smallest absolute Gasteiger partial charge is 0.239 e. The van der Waals surface area contributed by atoms with Gasteiger partial charge in [0.1, 0.15) is 12.4 Å². The molecule has 0 aliphatic heterocycles. The Bertz CT molecular complexity index is 844. The Hall–Kier alpha value is -3.27. The number of hydrogen-bond acceptors (Lipinski definition) is 3. The van der Waals surface area contributed by atoms with Crippen molar-refractivity contribution in [3.8, 4) is 5.75 Å². The monoisotopic (exact) mass is 360 g/mol. The average Bonchev–Trinajstić information content (AvgIpc) is 2.72. The van der Waals surface area contributed by atoms with Crippen molar-refractivity contribution in [2.24, 2.45) is 0 Å². The van der Waals surface area contributed by atoms with Gasteiger partial charge >= 0.3 is 0 Å². The van der Waals surface area contributed by atoms with Gasteiger partial charge < -0.3 is 15.4 Å². The van der Waals surface area contributed by atoms with Crippen molar-refractivity contribution in [1.29, 1.82) is 0 Å². The highest BCUT2D eigenvalue weighted by molar-refractivity contribution is 5.80. The van der Waals surface area contributed by atoms with E-state index in [9.17, 15) is 4.79 Å². The third-order valence-corrected chi connectivity index (χ3v) is 4.17. The van der Waals surface area contributed by atoms with Gasteiger partial charge in [-0.05, 0) is 42.3 Å². The molecule has 27 heavy (non-hydrogen) atoms. The summed E-state index contributed by atoms with van der Waals surface area (Å²) in [5.41, 5.74) is 4.31. The molecule has 3 aromatic carbocycles. The number of anilines is 1. The van der Waals surface area contributed by atoms with Crippen molar-refractivity contribution in [2.75, 3.05) is 11.9 Å². The molecule has 0 unspecified atom stereocenters. The molecule has 1 amide bonds. The lowest BCUT2D eigenvalue weighted by Crippen LogP contribution is -2.29. The van der Waals surface area contributed by atoms with Crippen LogP contribution < -0.4 is 15.4 Å². The molecular weight excluding hydrogens is 336 g/mol. The second-order valence-corrected chi connectivity index (χ2v) is 6.41. The highest BCUT2D eigenvalue weighted by Gasteiger charge is 2.02. The van der Waals surface area contributed by atoms with Crippen molar-refractivity contribution in [3.63, 3.8) is 0 Å². The van der Waals surface area contributed by atoms with Crippen LogP contribution in [0.4, 0.5) is 5.69 Å². The van der Waals surface area contributed by atoms with Gasteiger partial charge in [0, 0.05) is 12.2 Å². The number of amides is 1. The predicted molar refractivity (Wildman–Crippen MR) is 109 cm³/mol. The fraction of sp³-hybridized carbons (Fsp3) is 0.174. The maximum Gasteiger partial charge on any atom is 0.239 e. The Morgan fingerprint density at radius 3 is 2.26 bits per heavy atom. The minimum atomic E-state index is -0.0417. The van der Waals surface area contributed by atoms with Gasteiger partial charge in [-0.15, -0.1) is 0 Å². The SMILES string of the molecule is Cc1ccc(CNC(=O)CNc2ccc(OCc3ccccc3)cc2)cc1. The molecule has 4 heteroatoms. The molecule has 0 fully saturated rings. The molecule has 2 N–H and O–H groups in total. The van der Waals surface area contributed by atoms with E-state index in [1.54, 1.807) is 0 Å². The molecule has 3 aromatic rings. The van der Waals surface area contributed by atoms with Crippen molar-refractivity contribution >= 4 is 11.6 Å². The first-order valence-corrected chi connectivity index (χ1v) is 9.02. The van der Waals surface area contributed by atoms with Crippen LogP contribution in [0.15, 0.2) is 78.9 Å². The summed E-state index contributed by atoms with van der Waals surface area (Å²) in [5, 5.41) is 6.04. The van der Waals surface area contributed by atoms with Crippen molar-refractivity contribution < 1.29 is 9.53 Å². The van der Waals surface area contributed by atoms with Gasteiger partial charge in [0.05, 0.1) is 6.54 Å². The summed E-state index contributed by atoms with van der Waals surface area (Å²) in [6, 6.07) is 25.8. The van der Waals surface area contributed by atoms with Crippen LogP contribution >= 0.6 is 0 Å². The number of hydrogen-bond donors (Lipinski definition) is 2. The van der Waals surface area contributed by atoms with Crippen LogP contribution in [0.2, 0.25) is 0 Å². The van der Waals surface area contributed by atoms with Gasteiger partial charge in [0.2, 0.25) is 5.91 Å². The lowest BCUT2D eigenvalue weighted by atomic mass is 10.1. The Kier molecular flexibility index (Phi) is 6.47. The van der Waals surface area contributed by atoms with Crippen molar-refractivity contribution in [1.82, 2.24) is 5.32 Å². The zero-order valence-electron chi connectivity index (χ0n) is 15.4. The summed E-state index contributed by atoms with van der Waals surface area (Å²) < 4.78 is 5.76. The number of aryl methyl sites for hydroxylation is 1. The van der Waals surface area contributed by atoms with E-state index in [1.807, 2.05) is 85.8 Å². The number of carbonyl (C=O) groups excluding carboxylic acids is 1. The summed E-state index contributed by atoms with van der Waals surface area (Å²) in [5.74, 6) is 0.758. The topological polar surface area (TPSA) is 50.4 Å². The van der Waals surface area contributed by atoms with Crippen LogP contribution in [0.3, 0.4) is 0 Å². The molecule has 0 atom stereocenters. The molecule has 4 nitrogen and oxygen atoms in total. The largest absolute Gasteiger partial charge is 0.489 e. The van der Waals surface area contributed by atoms with E-state index in [-0.39, 0.29) is 12.5 Å². The zero-order chi connectivity index (χ0) is 18.9. The molecule has 138 valence electrons. The highest BCUT2D eigenvalue weighted by atomic mass is 16.5. The summed E-state index contributed by atoms with van der Waals surface area (Å²) in [6.45, 7) is 3.35. The summed E-state index contributed by atoms with van der Waals surface area (Å²) >= 11 is 0. The quantitative estimate of drug-likeness (QED) is 0.630. The lowest BCUT2D eigenvalue weighted by Gasteiger charge is -2.10. The Labute approximate surface area is 160 Å². The highest BCUT2D eigenvalue weighted by Crippen LogP contribution is 2.17. The van der Waals surface area contributed by atoms with Crippen LogP contribution in [0.25, 0.3) is 0 Å². The Balaban J connectivity index is 1.40. The van der Waals surface area contributed by atoms with Crippen LogP contribution in [0.1, 0.15) is 16.7 Å². The van der Waals surface area contributed by atoms with Crippen LogP contribution in [-0.4, -0.2) is 12.5 Å².